The first-order chi connectivity index (χ1) is 13.1. The summed E-state index contributed by atoms with van der Waals surface area (Å²) in [6, 6.07) is 26.3. The fourth-order valence-corrected chi connectivity index (χ4v) is 3.34. The minimum absolute atomic E-state index is 0.664. The normalized spacial score (nSPS) is 12.3. The Bertz CT molecular complexity index is 1040. The Balaban J connectivity index is 1.77. The molecule has 0 aliphatic carbocycles. The van der Waals surface area contributed by atoms with Gasteiger partial charge in [0, 0.05) is 26.3 Å². The van der Waals surface area contributed by atoms with Gasteiger partial charge in [-0.15, -0.1) is 0 Å². The summed E-state index contributed by atoms with van der Waals surface area (Å²) in [5.74, 6) is 0.664. The molecule has 4 nitrogen and oxygen atoms in total. The van der Waals surface area contributed by atoms with Crippen LogP contribution in [-0.2, 0) is 6.54 Å². The van der Waals surface area contributed by atoms with Crippen molar-refractivity contribution in [1.82, 2.24) is 9.55 Å². The van der Waals surface area contributed by atoms with E-state index in [1.807, 2.05) is 79.7 Å². The highest BCUT2D eigenvalue weighted by molar-refractivity contribution is 5.76. The molecule has 136 valence electrons. The third-order valence-electron chi connectivity index (χ3n) is 4.84. The van der Waals surface area contributed by atoms with Gasteiger partial charge < -0.3 is 14.6 Å². The smallest absolute Gasteiger partial charge is 0.143 e. The highest BCUT2D eigenvalue weighted by Gasteiger charge is 2.20. The van der Waals surface area contributed by atoms with Gasteiger partial charge >= 0.3 is 0 Å². The lowest BCUT2D eigenvalue weighted by Gasteiger charge is -2.17. The van der Waals surface area contributed by atoms with E-state index in [0.29, 0.717) is 12.4 Å². The molecule has 1 heterocycles. The molecule has 4 heteroatoms. The van der Waals surface area contributed by atoms with Gasteiger partial charge in [-0.25, -0.2) is 4.98 Å². The Morgan fingerprint density at radius 1 is 0.889 bits per heavy atom. The monoisotopic (exact) mass is 357 g/mol. The number of aromatic nitrogens is 2. The lowest BCUT2D eigenvalue weighted by molar-refractivity contribution is 0.206. The van der Waals surface area contributed by atoms with Gasteiger partial charge in [0.05, 0.1) is 11.0 Å². The number of para-hydroxylation sites is 2. The largest absolute Gasteiger partial charge is 0.380 e. The summed E-state index contributed by atoms with van der Waals surface area (Å²) in [6.07, 6.45) is -0.780. The van der Waals surface area contributed by atoms with Crippen LogP contribution in [0.5, 0.6) is 0 Å². The molecule has 1 atom stereocenters. The van der Waals surface area contributed by atoms with Crippen LogP contribution in [0, 0.1) is 0 Å². The van der Waals surface area contributed by atoms with E-state index < -0.39 is 6.10 Å². The van der Waals surface area contributed by atoms with Gasteiger partial charge in [0.25, 0.3) is 0 Å². The zero-order valence-corrected chi connectivity index (χ0v) is 15.6. The van der Waals surface area contributed by atoms with Gasteiger partial charge in [-0.2, -0.15) is 0 Å². The molecule has 0 radical (unpaired) electrons. The molecule has 0 fully saturated rings. The number of anilines is 1. The first-order valence-electron chi connectivity index (χ1n) is 9.08. The van der Waals surface area contributed by atoms with Crippen molar-refractivity contribution >= 4 is 16.7 Å². The highest BCUT2D eigenvalue weighted by Crippen LogP contribution is 2.27. The maximum Gasteiger partial charge on any atom is 0.143 e. The molecule has 0 aliphatic rings. The Hall–Kier alpha value is -3.11. The van der Waals surface area contributed by atoms with Crippen molar-refractivity contribution in [3.8, 4) is 0 Å². The van der Waals surface area contributed by atoms with E-state index in [2.05, 4.69) is 22.8 Å². The fraction of sp³-hybridized carbons (Fsp3) is 0.174. The van der Waals surface area contributed by atoms with Gasteiger partial charge in [0.1, 0.15) is 11.9 Å². The second-order valence-electron chi connectivity index (χ2n) is 6.92. The molecule has 27 heavy (non-hydrogen) atoms. The molecule has 0 aliphatic heterocycles. The topological polar surface area (TPSA) is 41.3 Å². The molecule has 1 unspecified atom stereocenters. The van der Waals surface area contributed by atoms with Crippen molar-refractivity contribution in [1.29, 1.82) is 0 Å². The van der Waals surface area contributed by atoms with Crippen LogP contribution in [0.15, 0.2) is 78.9 Å². The minimum atomic E-state index is -0.780. The maximum absolute atomic E-state index is 11.1. The first-order valence-corrected chi connectivity index (χ1v) is 9.08. The molecular formula is C23H23N3O. The van der Waals surface area contributed by atoms with Crippen LogP contribution in [0.25, 0.3) is 11.0 Å². The van der Waals surface area contributed by atoms with Crippen LogP contribution in [0.1, 0.15) is 23.1 Å². The molecule has 4 aromatic rings. The van der Waals surface area contributed by atoms with Gasteiger partial charge in [0.2, 0.25) is 0 Å². The summed E-state index contributed by atoms with van der Waals surface area (Å²) in [5, 5.41) is 11.1. The van der Waals surface area contributed by atoms with Crippen molar-refractivity contribution in [3.05, 3.63) is 95.8 Å². The van der Waals surface area contributed by atoms with Gasteiger partial charge in [-0.1, -0.05) is 54.6 Å². The molecule has 0 spiro atoms. The van der Waals surface area contributed by atoms with E-state index in [9.17, 15) is 5.11 Å². The van der Waals surface area contributed by atoms with E-state index in [4.69, 9.17) is 4.98 Å². The molecule has 0 saturated carbocycles. The number of hydrogen-bond donors (Lipinski definition) is 1. The summed E-state index contributed by atoms with van der Waals surface area (Å²) in [5.41, 5.74) is 5.04. The van der Waals surface area contributed by atoms with E-state index in [0.717, 1.165) is 22.3 Å². The molecule has 1 N–H and O–H groups in total. The summed E-state index contributed by atoms with van der Waals surface area (Å²) < 4.78 is 2.11. The molecule has 0 saturated heterocycles. The fourth-order valence-electron chi connectivity index (χ4n) is 3.34. The van der Waals surface area contributed by atoms with Crippen molar-refractivity contribution < 1.29 is 5.11 Å². The van der Waals surface area contributed by atoms with Gasteiger partial charge in [0.15, 0.2) is 0 Å². The predicted octanol–water partition coefficient (Wildman–Crippen LogP) is 4.23. The number of imidazole rings is 1. The Labute approximate surface area is 159 Å². The molecule has 0 bridgehead atoms. The number of fused-ring (bicyclic) bond motifs is 1. The second-order valence-corrected chi connectivity index (χ2v) is 6.92. The van der Waals surface area contributed by atoms with Crippen LogP contribution in [-0.4, -0.2) is 28.8 Å². The predicted molar refractivity (Wildman–Crippen MR) is 110 cm³/mol. The second kappa shape index (κ2) is 7.25. The van der Waals surface area contributed by atoms with Crippen molar-refractivity contribution in [2.45, 2.75) is 12.6 Å². The number of aliphatic hydroxyl groups is 1. The quantitative estimate of drug-likeness (QED) is 0.581. The van der Waals surface area contributed by atoms with Crippen molar-refractivity contribution in [3.63, 3.8) is 0 Å². The Kier molecular flexibility index (Phi) is 4.65. The van der Waals surface area contributed by atoms with Crippen molar-refractivity contribution in [2.24, 2.45) is 0 Å². The third kappa shape index (κ3) is 3.44. The lowest BCUT2D eigenvalue weighted by atomic mass is 10.1. The number of rotatable bonds is 5. The lowest BCUT2D eigenvalue weighted by Crippen LogP contribution is -2.12. The van der Waals surface area contributed by atoms with Crippen LogP contribution in [0.4, 0.5) is 5.69 Å². The summed E-state index contributed by atoms with van der Waals surface area (Å²) >= 11 is 0. The van der Waals surface area contributed by atoms with E-state index >= 15 is 0 Å². The van der Waals surface area contributed by atoms with Crippen LogP contribution in [0.2, 0.25) is 0 Å². The van der Waals surface area contributed by atoms with Crippen molar-refractivity contribution in [2.75, 3.05) is 19.0 Å². The highest BCUT2D eigenvalue weighted by atomic mass is 16.3. The van der Waals surface area contributed by atoms with Gasteiger partial charge in [-0.05, 0) is 35.4 Å². The average molecular weight is 357 g/mol. The Morgan fingerprint density at radius 3 is 2.26 bits per heavy atom. The SMILES string of the molecule is CN(C)c1ccc(C(O)c2nc3ccccc3n2Cc2ccccc2)cc1. The summed E-state index contributed by atoms with van der Waals surface area (Å²) in [6.45, 7) is 0.670. The van der Waals surface area contributed by atoms with Crippen LogP contribution < -0.4 is 4.90 Å². The number of benzene rings is 3. The zero-order chi connectivity index (χ0) is 18.8. The van der Waals surface area contributed by atoms with E-state index in [1.54, 1.807) is 0 Å². The maximum atomic E-state index is 11.1. The number of aliphatic hydroxyl groups excluding tert-OH is 1. The van der Waals surface area contributed by atoms with E-state index in [1.165, 1.54) is 5.56 Å². The number of hydrogen-bond acceptors (Lipinski definition) is 3. The molecule has 3 aromatic carbocycles. The molecule has 1 aromatic heterocycles. The first kappa shape index (κ1) is 17.3. The summed E-state index contributed by atoms with van der Waals surface area (Å²) in [7, 11) is 4.01. The molecular weight excluding hydrogens is 334 g/mol. The third-order valence-corrected chi connectivity index (χ3v) is 4.84. The molecule has 4 rings (SSSR count). The van der Waals surface area contributed by atoms with Gasteiger partial charge in [-0.3, -0.25) is 0 Å². The standard InChI is InChI=1S/C23H23N3O/c1-25(2)19-14-12-18(13-15-19)22(27)23-24-20-10-6-7-11-21(20)26(23)16-17-8-4-3-5-9-17/h3-15,22,27H,16H2,1-2H3. The number of nitrogens with zero attached hydrogens (tertiary/aromatic N) is 3. The molecule has 0 amide bonds. The minimum Gasteiger partial charge on any atom is -0.380 e. The van der Waals surface area contributed by atoms with E-state index in [-0.39, 0.29) is 0 Å². The zero-order valence-electron chi connectivity index (χ0n) is 15.6. The average Bonchev–Trinajstić information content (AvgIpc) is 3.07. The Morgan fingerprint density at radius 2 is 1.56 bits per heavy atom. The van der Waals surface area contributed by atoms with Crippen LogP contribution >= 0.6 is 0 Å². The van der Waals surface area contributed by atoms with Crippen LogP contribution in [0.3, 0.4) is 0 Å². The summed E-state index contributed by atoms with van der Waals surface area (Å²) in [4.78, 5) is 6.79.